The molecule has 0 amide bonds. The van der Waals surface area contributed by atoms with Gasteiger partial charge < -0.3 is 9.47 Å². The van der Waals surface area contributed by atoms with E-state index in [-0.39, 0.29) is 24.8 Å². The van der Waals surface area contributed by atoms with Crippen LogP contribution in [0.25, 0.3) is 0 Å². The van der Waals surface area contributed by atoms with Crippen molar-refractivity contribution in [3.8, 4) is 0 Å². The summed E-state index contributed by atoms with van der Waals surface area (Å²) in [4.78, 5) is 27.9. The minimum Gasteiger partial charge on any atom is -0.459 e. The van der Waals surface area contributed by atoms with Crippen LogP contribution in [-0.4, -0.2) is 23.1 Å². The average Bonchev–Trinajstić information content (AvgIpc) is 3.24. The van der Waals surface area contributed by atoms with Gasteiger partial charge in [0.15, 0.2) is 0 Å². The van der Waals surface area contributed by atoms with Gasteiger partial charge >= 0.3 is 11.9 Å². The third-order valence-electron chi connectivity index (χ3n) is 13.6. The molecule has 0 heterocycles. The highest BCUT2D eigenvalue weighted by Crippen LogP contribution is 2.36. The van der Waals surface area contributed by atoms with Gasteiger partial charge in [-0.3, -0.25) is 9.59 Å². The molecule has 0 saturated carbocycles. The fourth-order valence-electron chi connectivity index (χ4n) is 9.56. The van der Waals surface area contributed by atoms with Crippen LogP contribution in [0.2, 0.25) is 0 Å². The maximum Gasteiger partial charge on any atom is 0.306 e. The average molecular weight is 847 g/mol. The zero-order valence-corrected chi connectivity index (χ0v) is 42.2. The molecule has 0 unspecified atom stereocenters. The van der Waals surface area contributed by atoms with Crippen LogP contribution in [0.4, 0.5) is 0 Å². The molecule has 0 spiro atoms. The van der Waals surface area contributed by atoms with Crippen LogP contribution in [0.15, 0.2) is 0 Å². The molecule has 0 aliphatic heterocycles. The van der Waals surface area contributed by atoms with Gasteiger partial charge in [-0.05, 0) is 77.0 Å². The van der Waals surface area contributed by atoms with Crippen molar-refractivity contribution < 1.29 is 19.1 Å². The van der Waals surface area contributed by atoms with E-state index in [9.17, 15) is 9.59 Å². The summed E-state index contributed by atoms with van der Waals surface area (Å²) in [6, 6.07) is 0. The minimum atomic E-state index is -0.393. The van der Waals surface area contributed by atoms with Crippen LogP contribution in [0.5, 0.6) is 0 Å². The molecule has 0 rings (SSSR count). The maximum atomic E-state index is 14.0. The third-order valence-corrected chi connectivity index (χ3v) is 13.6. The Kier molecular flexibility index (Phi) is 43.8. The van der Waals surface area contributed by atoms with Gasteiger partial charge in [-0.15, -0.1) is 0 Å². The summed E-state index contributed by atoms with van der Waals surface area (Å²) in [5.74, 6) is -0.340. The first-order valence-electron chi connectivity index (χ1n) is 27.8. The SMILES string of the molecule is CCCCCCCCCC(CCCCCCCC)(CCCCCCCC)OC(=O)CCC(=O)OC(CCCCCCCC)(CCCCCCCC)CCCCCCCCC. The van der Waals surface area contributed by atoms with E-state index >= 15 is 0 Å². The van der Waals surface area contributed by atoms with E-state index in [2.05, 4.69) is 41.5 Å². The molecule has 0 aliphatic carbocycles. The molecule has 0 aromatic heterocycles. The molecule has 0 N–H and O–H groups in total. The zero-order valence-electron chi connectivity index (χ0n) is 42.2. The van der Waals surface area contributed by atoms with Gasteiger partial charge in [-0.2, -0.15) is 0 Å². The second-order valence-electron chi connectivity index (χ2n) is 19.6. The molecule has 4 heteroatoms. The Morgan fingerprint density at radius 2 is 0.400 bits per heavy atom. The van der Waals surface area contributed by atoms with Crippen molar-refractivity contribution in [2.75, 3.05) is 0 Å². The molecule has 0 fully saturated rings. The first-order chi connectivity index (χ1) is 29.4. The summed E-state index contributed by atoms with van der Waals surface area (Å²) in [7, 11) is 0. The lowest BCUT2D eigenvalue weighted by molar-refractivity contribution is -0.170. The normalized spacial score (nSPS) is 12.0. The predicted octanol–water partition coefficient (Wildman–Crippen LogP) is 19.6. The van der Waals surface area contributed by atoms with Crippen molar-refractivity contribution >= 4 is 11.9 Å². The van der Waals surface area contributed by atoms with Gasteiger partial charge in [0, 0.05) is 0 Å². The molecule has 60 heavy (non-hydrogen) atoms. The van der Waals surface area contributed by atoms with Crippen molar-refractivity contribution in [1.82, 2.24) is 0 Å². The summed E-state index contributed by atoms with van der Waals surface area (Å²) in [6.45, 7) is 13.7. The Labute approximate surface area is 377 Å². The van der Waals surface area contributed by atoms with E-state index in [1.807, 2.05) is 0 Å². The molecular formula is C56H110O4. The highest BCUT2D eigenvalue weighted by Gasteiger charge is 2.35. The monoisotopic (exact) mass is 847 g/mol. The Balaban J connectivity index is 5.96. The highest BCUT2D eigenvalue weighted by molar-refractivity contribution is 5.78. The van der Waals surface area contributed by atoms with Crippen LogP contribution in [0, 0.1) is 0 Å². The molecule has 0 aromatic carbocycles. The van der Waals surface area contributed by atoms with Gasteiger partial charge in [0.2, 0.25) is 0 Å². The number of carbonyl (C=O) groups excluding carboxylic acids is 2. The second-order valence-corrected chi connectivity index (χ2v) is 19.6. The molecule has 0 aromatic rings. The van der Waals surface area contributed by atoms with E-state index in [0.29, 0.717) is 0 Å². The number of rotatable bonds is 49. The molecule has 0 aliphatic rings. The number of hydrogen-bond donors (Lipinski definition) is 0. The maximum absolute atomic E-state index is 14.0. The van der Waals surface area contributed by atoms with E-state index in [1.165, 1.54) is 205 Å². The topological polar surface area (TPSA) is 52.6 Å². The Morgan fingerprint density at radius 1 is 0.250 bits per heavy atom. The third kappa shape index (κ3) is 36.4. The number of carbonyl (C=O) groups is 2. The molecular weight excluding hydrogens is 737 g/mol. The van der Waals surface area contributed by atoms with Crippen molar-refractivity contribution in [3.63, 3.8) is 0 Å². The lowest BCUT2D eigenvalue weighted by Gasteiger charge is -2.35. The Hall–Kier alpha value is -1.06. The number of ether oxygens (including phenoxy) is 2. The van der Waals surface area contributed by atoms with Crippen LogP contribution in [-0.2, 0) is 19.1 Å². The van der Waals surface area contributed by atoms with Crippen molar-refractivity contribution in [2.45, 2.75) is 348 Å². The molecule has 0 bridgehead atoms. The second kappa shape index (κ2) is 44.5. The fourth-order valence-corrected chi connectivity index (χ4v) is 9.56. The van der Waals surface area contributed by atoms with E-state index in [1.54, 1.807) is 0 Å². The minimum absolute atomic E-state index is 0.145. The van der Waals surface area contributed by atoms with Crippen LogP contribution in [0.3, 0.4) is 0 Å². The summed E-state index contributed by atoms with van der Waals surface area (Å²) in [5, 5.41) is 0. The zero-order chi connectivity index (χ0) is 44.1. The molecule has 0 atom stereocenters. The largest absolute Gasteiger partial charge is 0.459 e. The Bertz CT molecular complexity index is 794. The van der Waals surface area contributed by atoms with Gasteiger partial charge in [0.05, 0.1) is 12.8 Å². The van der Waals surface area contributed by atoms with Crippen molar-refractivity contribution in [3.05, 3.63) is 0 Å². The van der Waals surface area contributed by atoms with Crippen LogP contribution < -0.4 is 0 Å². The number of hydrogen-bond acceptors (Lipinski definition) is 4. The van der Waals surface area contributed by atoms with Crippen LogP contribution >= 0.6 is 0 Å². The molecule has 4 nitrogen and oxygen atoms in total. The first kappa shape index (κ1) is 58.9. The van der Waals surface area contributed by atoms with Gasteiger partial charge in [-0.1, -0.05) is 247 Å². The summed E-state index contributed by atoms with van der Waals surface area (Å²) >= 11 is 0. The van der Waals surface area contributed by atoms with E-state index in [0.717, 1.165) is 77.0 Å². The lowest BCUT2D eigenvalue weighted by atomic mass is 9.84. The van der Waals surface area contributed by atoms with Crippen LogP contribution in [0.1, 0.15) is 337 Å². The van der Waals surface area contributed by atoms with E-state index in [4.69, 9.17) is 9.47 Å². The predicted molar refractivity (Wildman–Crippen MR) is 264 cm³/mol. The van der Waals surface area contributed by atoms with Gasteiger partial charge in [-0.25, -0.2) is 0 Å². The lowest BCUT2D eigenvalue weighted by Crippen LogP contribution is -2.37. The molecule has 0 radical (unpaired) electrons. The fraction of sp³-hybridized carbons (Fsp3) is 0.964. The number of unbranched alkanes of at least 4 members (excludes halogenated alkanes) is 32. The van der Waals surface area contributed by atoms with E-state index < -0.39 is 11.2 Å². The number of esters is 2. The smallest absolute Gasteiger partial charge is 0.306 e. The summed E-state index contributed by atoms with van der Waals surface area (Å²) in [5.41, 5.74) is -0.785. The standard InChI is InChI=1S/C56H110O4/c1-7-13-19-25-31-37-43-51-55(47-39-33-27-21-15-9-3,48-40-34-28-22-16-10-4)59-53(57)45-46-54(58)60-56(49-41-35-29-23-17-11-5,50-42-36-30-24-18-12-6)52-44-38-32-26-20-14-8-2/h7-52H2,1-6H3. The summed E-state index contributed by atoms with van der Waals surface area (Å²) in [6.07, 6.45) is 53.9. The van der Waals surface area contributed by atoms with Gasteiger partial charge in [0.25, 0.3) is 0 Å². The quantitative estimate of drug-likeness (QED) is 0.0452. The molecule has 0 saturated heterocycles. The first-order valence-corrected chi connectivity index (χ1v) is 27.8. The Morgan fingerprint density at radius 3 is 0.567 bits per heavy atom. The van der Waals surface area contributed by atoms with Crippen molar-refractivity contribution in [2.24, 2.45) is 0 Å². The summed E-state index contributed by atoms with van der Waals surface area (Å²) < 4.78 is 13.4. The van der Waals surface area contributed by atoms with Gasteiger partial charge in [0.1, 0.15) is 11.2 Å². The highest BCUT2D eigenvalue weighted by atomic mass is 16.6. The molecule has 358 valence electrons. The van der Waals surface area contributed by atoms with Crippen molar-refractivity contribution in [1.29, 1.82) is 0 Å².